The Morgan fingerprint density at radius 2 is 1.97 bits per heavy atom. The van der Waals surface area contributed by atoms with Crippen LogP contribution >= 0.6 is 0 Å². The van der Waals surface area contributed by atoms with Gasteiger partial charge in [-0.05, 0) is 43.9 Å². The molecule has 154 valence electrons. The maximum Gasteiger partial charge on any atom is 0.387 e. The fraction of sp³-hybridized carbons (Fsp3) is 0.429. The van der Waals surface area contributed by atoms with Crippen LogP contribution in [0.25, 0.3) is 10.9 Å². The van der Waals surface area contributed by atoms with Gasteiger partial charge >= 0.3 is 6.61 Å². The van der Waals surface area contributed by atoms with Crippen molar-refractivity contribution >= 4 is 16.6 Å². The second kappa shape index (κ2) is 7.52. The molecular formula is C21H19F2N5O2. The number of hydrogen-bond donors (Lipinski definition) is 0. The smallest absolute Gasteiger partial charge is 0.387 e. The SMILES string of the molecule is N#Cc1cnc2ccc(OC(F)F)cc2c1N1CCC(c2noc(C3CC3)n2)CC1. The van der Waals surface area contributed by atoms with E-state index in [0.717, 1.165) is 37.4 Å². The highest BCUT2D eigenvalue weighted by molar-refractivity contribution is 5.95. The molecule has 1 aliphatic heterocycles. The number of nitrogens with zero attached hydrogens (tertiary/aromatic N) is 5. The van der Waals surface area contributed by atoms with E-state index in [4.69, 9.17) is 4.52 Å². The minimum atomic E-state index is -2.91. The number of anilines is 1. The Morgan fingerprint density at radius 3 is 2.67 bits per heavy atom. The number of hydrogen-bond acceptors (Lipinski definition) is 7. The molecule has 0 bridgehead atoms. The summed E-state index contributed by atoms with van der Waals surface area (Å²) in [6.45, 7) is -1.54. The molecule has 2 aliphatic rings. The maximum atomic E-state index is 12.7. The summed E-state index contributed by atoms with van der Waals surface area (Å²) in [7, 11) is 0. The number of nitriles is 1. The molecule has 0 N–H and O–H groups in total. The van der Waals surface area contributed by atoms with Crippen LogP contribution in [0.3, 0.4) is 0 Å². The molecule has 0 radical (unpaired) electrons. The van der Waals surface area contributed by atoms with Gasteiger partial charge in [0.1, 0.15) is 11.8 Å². The first-order valence-corrected chi connectivity index (χ1v) is 9.98. The van der Waals surface area contributed by atoms with Gasteiger partial charge in [0.2, 0.25) is 5.89 Å². The van der Waals surface area contributed by atoms with Gasteiger partial charge in [0.15, 0.2) is 5.82 Å². The predicted octanol–water partition coefficient (Wildman–Crippen LogP) is 4.35. The lowest BCUT2D eigenvalue weighted by atomic mass is 9.95. The van der Waals surface area contributed by atoms with E-state index in [0.29, 0.717) is 41.2 Å². The first-order valence-electron chi connectivity index (χ1n) is 9.98. The van der Waals surface area contributed by atoms with Crippen molar-refractivity contribution in [3.8, 4) is 11.8 Å². The Morgan fingerprint density at radius 1 is 1.17 bits per heavy atom. The van der Waals surface area contributed by atoms with E-state index in [2.05, 4.69) is 30.8 Å². The van der Waals surface area contributed by atoms with Crippen molar-refractivity contribution in [2.24, 2.45) is 0 Å². The van der Waals surface area contributed by atoms with Crippen LogP contribution in [0, 0.1) is 11.3 Å². The molecule has 1 aliphatic carbocycles. The first kappa shape index (κ1) is 18.7. The largest absolute Gasteiger partial charge is 0.435 e. The van der Waals surface area contributed by atoms with Gasteiger partial charge in [0.25, 0.3) is 0 Å². The van der Waals surface area contributed by atoms with Gasteiger partial charge in [-0.15, -0.1) is 0 Å². The summed E-state index contributed by atoms with van der Waals surface area (Å²) in [5.74, 6) is 2.17. The van der Waals surface area contributed by atoms with Crippen LogP contribution in [0.2, 0.25) is 0 Å². The zero-order valence-electron chi connectivity index (χ0n) is 16.1. The number of benzene rings is 1. The zero-order chi connectivity index (χ0) is 20.7. The summed E-state index contributed by atoms with van der Waals surface area (Å²) >= 11 is 0. The summed E-state index contributed by atoms with van der Waals surface area (Å²) in [6, 6.07) is 6.79. The van der Waals surface area contributed by atoms with Gasteiger partial charge in [-0.3, -0.25) is 4.98 Å². The van der Waals surface area contributed by atoms with Gasteiger partial charge in [-0.2, -0.15) is 19.0 Å². The second-order valence-electron chi connectivity index (χ2n) is 7.72. The Balaban J connectivity index is 1.41. The molecule has 0 atom stereocenters. The van der Waals surface area contributed by atoms with Crippen molar-refractivity contribution in [1.82, 2.24) is 15.1 Å². The van der Waals surface area contributed by atoms with Crippen molar-refractivity contribution in [3.05, 3.63) is 41.7 Å². The molecule has 9 heteroatoms. The molecule has 3 aromatic rings. The highest BCUT2D eigenvalue weighted by Crippen LogP contribution is 2.40. The van der Waals surface area contributed by atoms with Gasteiger partial charge < -0.3 is 14.2 Å². The Labute approximate surface area is 171 Å². The molecule has 5 rings (SSSR count). The Bertz CT molecular complexity index is 1110. The quantitative estimate of drug-likeness (QED) is 0.617. The zero-order valence-corrected chi connectivity index (χ0v) is 16.1. The average Bonchev–Trinajstić information content (AvgIpc) is 3.49. The molecule has 30 heavy (non-hydrogen) atoms. The third kappa shape index (κ3) is 3.54. The number of alkyl halides is 2. The van der Waals surface area contributed by atoms with E-state index in [1.54, 1.807) is 6.07 Å². The number of aromatic nitrogens is 3. The Kier molecular flexibility index (Phi) is 4.69. The van der Waals surface area contributed by atoms with E-state index >= 15 is 0 Å². The maximum absolute atomic E-state index is 12.7. The van der Waals surface area contributed by atoms with Gasteiger partial charge in [0, 0.05) is 36.5 Å². The van der Waals surface area contributed by atoms with E-state index in [1.807, 2.05) is 0 Å². The highest BCUT2D eigenvalue weighted by Gasteiger charge is 2.32. The number of piperidine rings is 1. The molecule has 0 amide bonds. The Hall–Kier alpha value is -3.28. The fourth-order valence-corrected chi connectivity index (χ4v) is 4.03. The lowest BCUT2D eigenvalue weighted by molar-refractivity contribution is -0.0497. The minimum Gasteiger partial charge on any atom is -0.435 e. The van der Waals surface area contributed by atoms with Crippen LogP contribution in [0.15, 0.2) is 28.9 Å². The number of halogens is 2. The van der Waals surface area contributed by atoms with Crippen LogP contribution in [-0.2, 0) is 0 Å². The van der Waals surface area contributed by atoms with Crippen LogP contribution in [0.5, 0.6) is 5.75 Å². The molecule has 3 heterocycles. The van der Waals surface area contributed by atoms with E-state index in [9.17, 15) is 14.0 Å². The lowest BCUT2D eigenvalue weighted by Gasteiger charge is -2.33. The van der Waals surface area contributed by atoms with Crippen LogP contribution in [-0.4, -0.2) is 34.8 Å². The molecule has 2 aromatic heterocycles. The summed E-state index contributed by atoms with van der Waals surface area (Å²) in [5, 5.41) is 14.4. The monoisotopic (exact) mass is 411 g/mol. The van der Waals surface area contributed by atoms with Gasteiger partial charge in [0.05, 0.1) is 16.8 Å². The van der Waals surface area contributed by atoms with Gasteiger partial charge in [-0.25, -0.2) is 0 Å². The van der Waals surface area contributed by atoms with Crippen molar-refractivity contribution in [3.63, 3.8) is 0 Å². The molecule has 0 unspecified atom stereocenters. The lowest BCUT2D eigenvalue weighted by Crippen LogP contribution is -2.34. The summed E-state index contributed by atoms with van der Waals surface area (Å²) in [5.41, 5.74) is 1.73. The van der Waals surface area contributed by atoms with Crippen molar-refractivity contribution in [1.29, 1.82) is 5.26 Å². The predicted molar refractivity (Wildman–Crippen MR) is 104 cm³/mol. The minimum absolute atomic E-state index is 0.0462. The summed E-state index contributed by atoms with van der Waals surface area (Å²) in [4.78, 5) is 11.0. The summed E-state index contributed by atoms with van der Waals surface area (Å²) < 4.78 is 35.3. The first-order chi connectivity index (χ1) is 14.6. The van der Waals surface area contributed by atoms with E-state index < -0.39 is 6.61 Å². The number of rotatable bonds is 5. The number of pyridine rings is 1. The molecule has 1 aromatic carbocycles. The average molecular weight is 411 g/mol. The van der Waals surface area contributed by atoms with Crippen molar-refractivity contribution in [2.75, 3.05) is 18.0 Å². The van der Waals surface area contributed by atoms with Crippen molar-refractivity contribution in [2.45, 2.75) is 44.1 Å². The third-order valence-corrected chi connectivity index (χ3v) is 5.72. The number of ether oxygens (including phenoxy) is 1. The summed E-state index contributed by atoms with van der Waals surface area (Å²) in [6.07, 6.45) is 5.38. The van der Waals surface area contributed by atoms with Crippen LogP contribution in [0.1, 0.15) is 54.8 Å². The van der Waals surface area contributed by atoms with Gasteiger partial charge in [-0.1, -0.05) is 5.16 Å². The molecule has 1 saturated carbocycles. The topological polar surface area (TPSA) is 88.1 Å². The fourth-order valence-electron chi connectivity index (χ4n) is 4.03. The highest BCUT2D eigenvalue weighted by atomic mass is 19.3. The van der Waals surface area contributed by atoms with E-state index in [1.165, 1.54) is 18.3 Å². The molecule has 0 spiro atoms. The molecular weight excluding hydrogens is 392 g/mol. The molecule has 7 nitrogen and oxygen atoms in total. The van der Waals surface area contributed by atoms with Crippen LogP contribution < -0.4 is 9.64 Å². The van der Waals surface area contributed by atoms with Crippen LogP contribution in [0.4, 0.5) is 14.5 Å². The standard InChI is InChI=1S/C21H19F2N5O2/c22-21(23)29-15-3-4-17-16(9-15)18(14(10-24)11-25-17)28-7-5-12(6-8-28)19-26-20(30-27-19)13-1-2-13/h3-4,9,11-13,21H,1-2,5-8H2. The second-order valence-corrected chi connectivity index (χ2v) is 7.72. The van der Waals surface area contributed by atoms with Crippen molar-refractivity contribution < 1.29 is 18.0 Å². The normalized spacial score (nSPS) is 17.5. The number of fused-ring (bicyclic) bond motifs is 1. The van der Waals surface area contributed by atoms with E-state index in [-0.39, 0.29) is 11.7 Å². The molecule has 1 saturated heterocycles. The third-order valence-electron chi connectivity index (χ3n) is 5.72. The molecule has 2 fully saturated rings.